The van der Waals surface area contributed by atoms with Crippen molar-refractivity contribution in [3.63, 3.8) is 0 Å². The van der Waals surface area contributed by atoms with Gasteiger partial charge in [0.25, 0.3) is 5.19 Å². The lowest BCUT2D eigenvalue weighted by molar-refractivity contribution is -0.123. The number of methoxy groups -OCH3 is 2. The quantitative estimate of drug-likeness (QED) is 0.271. The number of anilines is 1. The number of carbonyl (C=O) groups excluding carboxylic acids is 1. The first-order chi connectivity index (χ1) is 20.3. The molecule has 0 radical (unpaired) electrons. The maximum atomic E-state index is 14.1. The van der Waals surface area contributed by atoms with E-state index in [0.717, 1.165) is 47.6 Å². The number of hydrogen-bond donors (Lipinski definition) is 2. The zero-order valence-electron chi connectivity index (χ0n) is 24.7. The van der Waals surface area contributed by atoms with Gasteiger partial charge in [0.1, 0.15) is 5.75 Å². The smallest absolute Gasteiger partial charge is 0.404 e. The summed E-state index contributed by atoms with van der Waals surface area (Å²) in [7, 11) is 3.33. The van der Waals surface area contributed by atoms with Crippen LogP contribution in [0.5, 0.6) is 10.9 Å². The summed E-state index contributed by atoms with van der Waals surface area (Å²) < 4.78 is 10.8. The largest absolute Gasteiger partial charge is 0.496 e. The van der Waals surface area contributed by atoms with Gasteiger partial charge in [0.2, 0.25) is 5.91 Å². The van der Waals surface area contributed by atoms with Crippen molar-refractivity contribution >= 4 is 29.0 Å². The Morgan fingerprint density at radius 2 is 1.76 bits per heavy atom. The number of nitrogens with zero attached hydrogens (tertiary/aromatic N) is 2. The van der Waals surface area contributed by atoms with E-state index in [1.165, 1.54) is 22.5 Å². The minimum atomic E-state index is -0.997. The third kappa shape index (κ3) is 7.06. The highest BCUT2D eigenvalue weighted by Gasteiger charge is 2.33. The van der Waals surface area contributed by atoms with Gasteiger partial charge in [0.15, 0.2) is 0 Å². The molecule has 3 aromatic rings. The molecule has 0 saturated heterocycles. The molecule has 2 amide bonds. The third-order valence-corrected chi connectivity index (χ3v) is 9.96. The average molecular weight is 592 g/mol. The van der Waals surface area contributed by atoms with Crippen molar-refractivity contribution < 1.29 is 24.2 Å². The fraction of sp³-hybridized carbons (Fsp3) is 0.485. The molecule has 0 atom stereocenters. The number of aromatic nitrogens is 1. The summed E-state index contributed by atoms with van der Waals surface area (Å²) in [5.74, 6) is 1.91. The number of ether oxygens (including phenoxy) is 2. The van der Waals surface area contributed by atoms with E-state index in [9.17, 15) is 9.59 Å². The highest BCUT2D eigenvalue weighted by atomic mass is 32.1. The summed E-state index contributed by atoms with van der Waals surface area (Å²) in [4.78, 5) is 32.6. The Kier molecular flexibility index (Phi) is 9.67. The highest BCUT2D eigenvalue weighted by molar-refractivity contribution is 7.16. The Balaban J connectivity index is 1.32. The van der Waals surface area contributed by atoms with E-state index in [1.54, 1.807) is 14.2 Å². The first-order valence-corrected chi connectivity index (χ1v) is 15.7. The molecule has 0 unspecified atom stereocenters. The molecular weight excluding hydrogens is 550 g/mol. The SMILES string of the molecule is COc1ncc(-c2cccc(N(CC3CCC(c4ccc(OC)c(C)c4)CC3)C(=O)C3CCC(NC(=O)O)CC3)c2)s1. The van der Waals surface area contributed by atoms with Crippen LogP contribution in [0.2, 0.25) is 0 Å². The third-order valence-electron chi connectivity index (χ3n) is 8.95. The normalized spacial score (nSPS) is 22.3. The van der Waals surface area contributed by atoms with E-state index >= 15 is 0 Å². The van der Waals surface area contributed by atoms with Gasteiger partial charge >= 0.3 is 6.09 Å². The number of rotatable bonds is 9. The van der Waals surface area contributed by atoms with Crippen LogP contribution in [0.4, 0.5) is 10.5 Å². The van der Waals surface area contributed by atoms with Crippen molar-refractivity contribution in [3.05, 3.63) is 59.8 Å². The number of carbonyl (C=O) groups is 2. The molecule has 2 aliphatic carbocycles. The fourth-order valence-electron chi connectivity index (χ4n) is 6.61. The molecule has 2 fully saturated rings. The molecule has 9 heteroatoms. The number of benzene rings is 2. The molecule has 0 aliphatic heterocycles. The van der Waals surface area contributed by atoms with Gasteiger partial charge in [-0.2, -0.15) is 0 Å². The van der Waals surface area contributed by atoms with E-state index in [2.05, 4.69) is 41.5 Å². The van der Waals surface area contributed by atoms with E-state index in [0.29, 0.717) is 49.3 Å². The molecule has 2 aromatic carbocycles. The molecule has 2 saturated carbocycles. The molecular formula is C33H41N3O5S. The van der Waals surface area contributed by atoms with Crippen LogP contribution in [0.25, 0.3) is 10.4 Å². The number of hydrogen-bond acceptors (Lipinski definition) is 6. The molecule has 0 spiro atoms. The lowest BCUT2D eigenvalue weighted by atomic mass is 9.78. The lowest BCUT2D eigenvalue weighted by Gasteiger charge is -2.36. The number of aryl methyl sites for hydroxylation is 1. The van der Waals surface area contributed by atoms with Crippen LogP contribution in [0.3, 0.4) is 0 Å². The van der Waals surface area contributed by atoms with Crippen LogP contribution in [0.1, 0.15) is 68.4 Å². The van der Waals surface area contributed by atoms with Crippen molar-refractivity contribution in [2.24, 2.45) is 11.8 Å². The average Bonchev–Trinajstić information content (AvgIpc) is 3.50. The van der Waals surface area contributed by atoms with Crippen LogP contribution in [-0.4, -0.2) is 48.9 Å². The molecule has 8 nitrogen and oxygen atoms in total. The van der Waals surface area contributed by atoms with Gasteiger partial charge in [0, 0.05) is 30.4 Å². The lowest BCUT2D eigenvalue weighted by Crippen LogP contribution is -2.44. The maximum Gasteiger partial charge on any atom is 0.404 e. The molecule has 0 bridgehead atoms. The van der Waals surface area contributed by atoms with Gasteiger partial charge in [-0.05, 0) is 105 Å². The highest BCUT2D eigenvalue weighted by Crippen LogP contribution is 2.39. The molecule has 5 rings (SSSR count). The van der Waals surface area contributed by atoms with E-state index in [-0.39, 0.29) is 17.9 Å². The summed E-state index contributed by atoms with van der Waals surface area (Å²) in [6, 6.07) is 14.6. The topological polar surface area (TPSA) is 101 Å². The molecule has 2 aliphatic rings. The maximum absolute atomic E-state index is 14.1. The van der Waals surface area contributed by atoms with Crippen molar-refractivity contribution in [2.75, 3.05) is 25.7 Å². The summed E-state index contributed by atoms with van der Waals surface area (Å²) in [5.41, 5.74) is 4.46. The summed E-state index contributed by atoms with van der Waals surface area (Å²) in [6.45, 7) is 2.79. The summed E-state index contributed by atoms with van der Waals surface area (Å²) in [5, 5.41) is 12.3. The fourth-order valence-corrected chi connectivity index (χ4v) is 7.33. The van der Waals surface area contributed by atoms with Crippen molar-refractivity contribution in [1.29, 1.82) is 0 Å². The van der Waals surface area contributed by atoms with Crippen LogP contribution in [0.15, 0.2) is 48.7 Å². The zero-order chi connectivity index (χ0) is 29.6. The van der Waals surface area contributed by atoms with Crippen molar-refractivity contribution in [2.45, 2.75) is 70.3 Å². The van der Waals surface area contributed by atoms with E-state index in [4.69, 9.17) is 14.6 Å². The second-order valence-corrected chi connectivity index (χ2v) is 12.6. The number of thiazole rings is 1. The van der Waals surface area contributed by atoms with Gasteiger partial charge < -0.3 is 24.8 Å². The van der Waals surface area contributed by atoms with E-state index in [1.807, 2.05) is 29.3 Å². The Morgan fingerprint density at radius 1 is 1.00 bits per heavy atom. The first kappa shape index (κ1) is 29.9. The van der Waals surface area contributed by atoms with Gasteiger partial charge in [-0.15, -0.1) is 0 Å². The van der Waals surface area contributed by atoms with E-state index < -0.39 is 6.09 Å². The second-order valence-electron chi connectivity index (χ2n) is 11.6. The Hall–Kier alpha value is -3.59. The standard InChI is InChI=1S/C33H41N3O5S/c1-21-17-25(13-16-29(21)40-2)23-9-7-22(8-10-23)20-36(31(37)24-11-14-27(15-12-24)35-32(38)39)28-6-4-5-26(18-28)30-19-34-33(41-3)42-30/h4-6,13,16-19,22-24,27,35H,7-12,14-15,20H2,1-3H3,(H,38,39). The van der Waals surface area contributed by atoms with Crippen molar-refractivity contribution in [1.82, 2.24) is 10.3 Å². The van der Waals surface area contributed by atoms with Gasteiger partial charge in [-0.25, -0.2) is 9.78 Å². The number of carboxylic acid groups (broad SMARTS) is 1. The predicted molar refractivity (Wildman–Crippen MR) is 166 cm³/mol. The van der Waals surface area contributed by atoms with Crippen molar-refractivity contribution in [3.8, 4) is 21.4 Å². The second kappa shape index (κ2) is 13.6. The molecule has 42 heavy (non-hydrogen) atoms. The van der Waals surface area contributed by atoms with Crippen LogP contribution >= 0.6 is 11.3 Å². The minimum absolute atomic E-state index is 0.0819. The van der Waals surface area contributed by atoms with Gasteiger partial charge in [0.05, 0.1) is 19.1 Å². The van der Waals surface area contributed by atoms with Crippen LogP contribution < -0.4 is 19.7 Å². The zero-order valence-corrected chi connectivity index (χ0v) is 25.5. The summed E-state index contributed by atoms with van der Waals surface area (Å²) in [6.07, 6.45) is 7.91. The molecule has 1 aromatic heterocycles. The number of nitrogens with one attached hydrogen (secondary N) is 1. The summed E-state index contributed by atoms with van der Waals surface area (Å²) >= 11 is 1.49. The Morgan fingerprint density at radius 3 is 2.40 bits per heavy atom. The number of amides is 2. The monoisotopic (exact) mass is 591 g/mol. The van der Waals surface area contributed by atoms with Crippen LogP contribution in [-0.2, 0) is 4.79 Å². The molecule has 2 N–H and O–H groups in total. The van der Waals surface area contributed by atoms with Crippen LogP contribution in [0, 0.1) is 18.8 Å². The minimum Gasteiger partial charge on any atom is -0.496 e. The first-order valence-electron chi connectivity index (χ1n) is 14.9. The van der Waals surface area contributed by atoms with Gasteiger partial charge in [-0.3, -0.25) is 4.79 Å². The predicted octanol–water partition coefficient (Wildman–Crippen LogP) is 7.27. The molecule has 1 heterocycles. The Bertz CT molecular complexity index is 1380. The van der Waals surface area contributed by atoms with Gasteiger partial charge in [-0.1, -0.05) is 35.6 Å². The molecule has 224 valence electrons. The Labute approximate surface area is 252 Å².